The molecule has 118 valence electrons. The lowest BCUT2D eigenvalue weighted by Crippen LogP contribution is -2.36. The summed E-state index contributed by atoms with van der Waals surface area (Å²) in [4.78, 5) is 11.7. The normalized spacial score (nSPS) is 15.0. The monoisotopic (exact) mass is 316 g/mol. The number of nitrogens with one attached hydrogen (secondary N) is 2. The first-order chi connectivity index (χ1) is 9.60. The second kappa shape index (κ2) is 8.20. The van der Waals surface area contributed by atoms with Crippen molar-refractivity contribution in [2.75, 3.05) is 20.2 Å². The van der Waals surface area contributed by atoms with E-state index in [2.05, 4.69) is 10.6 Å². The highest BCUT2D eigenvalue weighted by Gasteiger charge is 2.20. The van der Waals surface area contributed by atoms with Crippen LogP contribution in [0, 0.1) is 11.7 Å². The molecule has 0 spiro atoms. The quantitative estimate of drug-likeness (QED) is 0.812. The minimum Gasteiger partial charge on any atom is -0.494 e. The number of halogens is 2. The smallest absolute Gasteiger partial charge is 0.234 e. The second-order valence-electron chi connectivity index (χ2n) is 5.26. The standard InChI is InChI=1S/C15H21FN2O2.ClH/c1-10(12-5-6-14(20-2)13(16)7-12)18-15(19)9-17-8-11-3-4-11;/h5-7,10-11,17H,3-4,8-9H2,1-2H3,(H,18,19);1H. The zero-order valence-electron chi connectivity index (χ0n) is 12.3. The van der Waals surface area contributed by atoms with Crippen LogP contribution in [-0.2, 0) is 4.79 Å². The summed E-state index contributed by atoms with van der Waals surface area (Å²) in [6, 6.07) is 4.48. The van der Waals surface area contributed by atoms with Gasteiger partial charge in [-0.05, 0) is 49.9 Å². The molecule has 0 bridgehead atoms. The van der Waals surface area contributed by atoms with Crippen LogP contribution < -0.4 is 15.4 Å². The maximum absolute atomic E-state index is 13.6. The molecule has 1 fully saturated rings. The summed E-state index contributed by atoms with van der Waals surface area (Å²) in [5.74, 6) is 0.460. The van der Waals surface area contributed by atoms with Crippen LogP contribution in [0.5, 0.6) is 5.75 Å². The lowest BCUT2D eigenvalue weighted by molar-refractivity contribution is -0.120. The van der Waals surface area contributed by atoms with E-state index >= 15 is 0 Å². The van der Waals surface area contributed by atoms with Gasteiger partial charge in [0.05, 0.1) is 19.7 Å². The van der Waals surface area contributed by atoms with Crippen molar-refractivity contribution in [1.29, 1.82) is 0 Å². The Kier molecular flexibility index (Phi) is 6.92. The average molecular weight is 317 g/mol. The van der Waals surface area contributed by atoms with Crippen LogP contribution in [0.3, 0.4) is 0 Å². The molecule has 2 rings (SSSR count). The van der Waals surface area contributed by atoms with E-state index in [0.29, 0.717) is 6.54 Å². The van der Waals surface area contributed by atoms with E-state index in [1.54, 1.807) is 12.1 Å². The number of hydrogen-bond acceptors (Lipinski definition) is 3. The van der Waals surface area contributed by atoms with Crippen LogP contribution in [0.25, 0.3) is 0 Å². The Labute approximate surface area is 130 Å². The Morgan fingerprint density at radius 1 is 1.48 bits per heavy atom. The highest BCUT2D eigenvalue weighted by atomic mass is 35.5. The van der Waals surface area contributed by atoms with Crippen molar-refractivity contribution in [1.82, 2.24) is 10.6 Å². The van der Waals surface area contributed by atoms with Gasteiger partial charge in [0.1, 0.15) is 0 Å². The van der Waals surface area contributed by atoms with Crippen molar-refractivity contribution in [2.24, 2.45) is 5.92 Å². The van der Waals surface area contributed by atoms with Crippen molar-refractivity contribution in [3.8, 4) is 5.75 Å². The lowest BCUT2D eigenvalue weighted by Gasteiger charge is -2.15. The summed E-state index contributed by atoms with van der Waals surface area (Å²) in [6.45, 7) is 3.04. The summed E-state index contributed by atoms with van der Waals surface area (Å²) < 4.78 is 18.5. The van der Waals surface area contributed by atoms with Crippen LogP contribution in [0.4, 0.5) is 4.39 Å². The van der Waals surface area contributed by atoms with Crippen molar-refractivity contribution in [3.05, 3.63) is 29.6 Å². The topological polar surface area (TPSA) is 50.4 Å². The number of benzene rings is 1. The summed E-state index contributed by atoms with van der Waals surface area (Å²) in [7, 11) is 1.43. The fraction of sp³-hybridized carbons (Fsp3) is 0.533. The predicted molar refractivity (Wildman–Crippen MR) is 82.4 cm³/mol. The maximum atomic E-state index is 13.6. The number of ether oxygens (including phenoxy) is 1. The van der Waals surface area contributed by atoms with Gasteiger partial charge >= 0.3 is 0 Å². The number of hydrogen-bond donors (Lipinski definition) is 2. The molecule has 0 aromatic heterocycles. The molecule has 0 saturated heterocycles. The van der Waals surface area contributed by atoms with E-state index in [-0.39, 0.29) is 30.1 Å². The molecule has 1 aromatic carbocycles. The third kappa shape index (κ3) is 5.52. The predicted octanol–water partition coefficient (Wildman–Crippen LogP) is 2.43. The van der Waals surface area contributed by atoms with Gasteiger partial charge in [0, 0.05) is 0 Å². The third-order valence-electron chi connectivity index (χ3n) is 3.47. The zero-order chi connectivity index (χ0) is 14.5. The SMILES string of the molecule is COc1ccc(C(C)NC(=O)CNCC2CC2)cc1F.Cl. The van der Waals surface area contributed by atoms with E-state index < -0.39 is 5.82 Å². The first-order valence-electron chi connectivity index (χ1n) is 6.93. The van der Waals surface area contributed by atoms with E-state index in [1.807, 2.05) is 6.92 Å². The third-order valence-corrected chi connectivity index (χ3v) is 3.47. The Hall–Kier alpha value is -1.33. The minimum absolute atomic E-state index is 0. The summed E-state index contributed by atoms with van der Waals surface area (Å²) in [5.41, 5.74) is 0.721. The van der Waals surface area contributed by atoms with Crippen LogP contribution in [0.2, 0.25) is 0 Å². The number of amides is 1. The highest BCUT2D eigenvalue weighted by molar-refractivity contribution is 5.85. The van der Waals surface area contributed by atoms with Gasteiger partial charge in [0.15, 0.2) is 11.6 Å². The van der Waals surface area contributed by atoms with Crippen molar-refractivity contribution >= 4 is 18.3 Å². The van der Waals surface area contributed by atoms with Gasteiger partial charge < -0.3 is 15.4 Å². The van der Waals surface area contributed by atoms with Gasteiger partial charge in [-0.1, -0.05) is 6.07 Å². The van der Waals surface area contributed by atoms with E-state index in [0.717, 1.165) is 18.0 Å². The molecular formula is C15H22ClFN2O2. The number of carbonyl (C=O) groups excluding carboxylic acids is 1. The first kappa shape index (κ1) is 17.7. The van der Waals surface area contributed by atoms with Crippen molar-refractivity contribution < 1.29 is 13.9 Å². The van der Waals surface area contributed by atoms with Gasteiger partial charge in [-0.3, -0.25) is 4.79 Å². The van der Waals surface area contributed by atoms with Gasteiger partial charge in [-0.25, -0.2) is 4.39 Å². The molecule has 1 unspecified atom stereocenters. The van der Waals surface area contributed by atoms with E-state index in [1.165, 1.54) is 26.0 Å². The molecule has 1 amide bonds. The molecule has 1 aliphatic carbocycles. The molecule has 1 saturated carbocycles. The van der Waals surface area contributed by atoms with Gasteiger partial charge in [0.2, 0.25) is 5.91 Å². The summed E-state index contributed by atoms with van der Waals surface area (Å²) >= 11 is 0. The minimum atomic E-state index is -0.419. The largest absolute Gasteiger partial charge is 0.494 e. The molecule has 0 radical (unpaired) electrons. The van der Waals surface area contributed by atoms with Crippen molar-refractivity contribution in [3.63, 3.8) is 0 Å². The van der Waals surface area contributed by atoms with E-state index in [4.69, 9.17) is 4.74 Å². The molecule has 4 nitrogen and oxygen atoms in total. The lowest BCUT2D eigenvalue weighted by atomic mass is 10.1. The Morgan fingerprint density at radius 2 is 2.19 bits per heavy atom. The Bertz CT molecular complexity index is 481. The Balaban J connectivity index is 0.00000220. The molecule has 1 aromatic rings. The second-order valence-corrected chi connectivity index (χ2v) is 5.26. The number of carbonyl (C=O) groups is 1. The van der Waals surface area contributed by atoms with Gasteiger partial charge in [-0.15, -0.1) is 12.4 Å². The number of rotatable bonds is 7. The molecule has 6 heteroatoms. The van der Waals surface area contributed by atoms with Gasteiger partial charge in [-0.2, -0.15) is 0 Å². The van der Waals surface area contributed by atoms with E-state index in [9.17, 15) is 9.18 Å². The molecule has 2 N–H and O–H groups in total. The molecule has 0 heterocycles. The van der Waals surface area contributed by atoms with Crippen LogP contribution in [0.1, 0.15) is 31.4 Å². The molecule has 21 heavy (non-hydrogen) atoms. The molecule has 1 aliphatic rings. The Morgan fingerprint density at radius 3 is 2.76 bits per heavy atom. The van der Waals surface area contributed by atoms with Crippen LogP contribution in [-0.4, -0.2) is 26.1 Å². The maximum Gasteiger partial charge on any atom is 0.234 e. The first-order valence-corrected chi connectivity index (χ1v) is 6.93. The zero-order valence-corrected chi connectivity index (χ0v) is 13.1. The summed E-state index contributed by atoms with van der Waals surface area (Å²) in [6.07, 6.45) is 2.52. The fourth-order valence-corrected chi connectivity index (χ4v) is 2.04. The molecule has 0 aliphatic heterocycles. The average Bonchev–Trinajstić information content (AvgIpc) is 3.22. The number of methoxy groups -OCH3 is 1. The van der Waals surface area contributed by atoms with Gasteiger partial charge in [0.25, 0.3) is 0 Å². The van der Waals surface area contributed by atoms with Crippen LogP contribution >= 0.6 is 12.4 Å². The summed E-state index contributed by atoms with van der Waals surface area (Å²) in [5, 5.41) is 5.97. The molecular weight excluding hydrogens is 295 g/mol. The van der Waals surface area contributed by atoms with Crippen LogP contribution in [0.15, 0.2) is 18.2 Å². The highest BCUT2D eigenvalue weighted by Crippen LogP contribution is 2.27. The molecule has 1 atom stereocenters. The van der Waals surface area contributed by atoms with Crippen molar-refractivity contribution in [2.45, 2.75) is 25.8 Å². The fourth-order valence-electron chi connectivity index (χ4n) is 2.04.